The van der Waals surface area contributed by atoms with Crippen LogP contribution in [-0.4, -0.2) is 34.6 Å². The molecule has 0 radical (unpaired) electrons. The predicted molar refractivity (Wildman–Crippen MR) is 100 cm³/mol. The van der Waals surface area contributed by atoms with Gasteiger partial charge in [0.2, 0.25) is 5.78 Å². The lowest BCUT2D eigenvalue weighted by Gasteiger charge is -2.11. The molecule has 0 fully saturated rings. The Morgan fingerprint density at radius 2 is 2.04 bits per heavy atom. The van der Waals surface area contributed by atoms with Crippen molar-refractivity contribution >= 4 is 51.6 Å². The van der Waals surface area contributed by atoms with E-state index >= 15 is 0 Å². The van der Waals surface area contributed by atoms with Crippen molar-refractivity contribution in [2.24, 2.45) is 0 Å². The van der Waals surface area contributed by atoms with Crippen molar-refractivity contribution < 1.29 is 9.53 Å². The molecule has 2 heterocycles. The van der Waals surface area contributed by atoms with Crippen molar-refractivity contribution in [3.8, 4) is 11.3 Å². The van der Waals surface area contributed by atoms with Crippen molar-refractivity contribution in [3.63, 3.8) is 0 Å². The molecule has 0 saturated heterocycles. The molecule has 4 nitrogen and oxygen atoms in total. The number of aromatic amines is 1. The first-order valence-corrected chi connectivity index (χ1v) is 9.13. The van der Waals surface area contributed by atoms with E-state index in [1.165, 1.54) is 18.9 Å². The van der Waals surface area contributed by atoms with Crippen LogP contribution in [0.3, 0.4) is 0 Å². The molecule has 0 aliphatic rings. The van der Waals surface area contributed by atoms with Gasteiger partial charge in [0.05, 0.1) is 21.4 Å². The van der Waals surface area contributed by atoms with Gasteiger partial charge in [-0.3, -0.25) is 9.78 Å². The van der Waals surface area contributed by atoms with Crippen LogP contribution in [-0.2, 0) is 4.74 Å². The number of nitrogens with zero attached hydrogens (tertiary/aromatic N) is 1. The number of benzene rings is 1. The van der Waals surface area contributed by atoms with Crippen LogP contribution in [0.4, 0.5) is 0 Å². The molecule has 3 aromatic rings. The second-order valence-electron chi connectivity index (χ2n) is 5.07. The number of nitrogens with one attached hydrogen (secondary N) is 1. The number of H-pyrrole nitrogens is 1. The van der Waals surface area contributed by atoms with Gasteiger partial charge < -0.3 is 9.72 Å². The van der Waals surface area contributed by atoms with Crippen LogP contribution in [0.5, 0.6) is 0 Å². The Balaban J connectivity index is 2.30. The minimum absolute atomic E-state index is 0.158. The van der Waals surface area contributed by atoms with Gasteiger partial charge in [-0.05, 0) is 30.5 Å². The van der Waals surface area contributed by atoms with E-state index in [0.717, 1.165) is 10.9 Å². The van der Waals surface area contributed by atoms with Crippen LogP contribution < -0.4 is 0 Å². The molecule has 1 N–H and O–H groups in total. The number of ether oxygens (including phenoxy) is 1. The summed E-state index contributed by atoms with van der Waals surface area (Å²) in [4.78, 5) is 20.4. The van der Waals surface area contributed by atoms with Gasteiger partial charge in [0.25, 0.3) is 0 Å². The molecular formula is C17H14Cl2N2O2S. The minimum Gasteiger partial charge on any atom is -0.362 e. The van der Waals surface area contributed by atoms with E-state index in [2.05, 4.69) is 9.97 Å². The number of methoxy groups -OCH3 is 1. The number of hydrogen-bond donors (Lipinski definition) is 1. The van der Waals surface area contributed by atoms with Gasteiger partial charge in [-0.15, -0.1) is 11.8 Å². The lowest BCUT2D eigenvalue weighted by molar-refractivity contribution is 0.0791. The SMILES string of the molecule is COC(SC)C(=O)c1[nH]c2cc(Cl)c(Cl)cc2c1-c1ccccn1. The predicted octanol–water partition coefficient (Wildman–Crippen LogP) is 5.05. The summed E-state index contributed by atoms with van der Waals surface area (Å²) in [5.41, 5.74) is 1.94. The van der Waals surface area contributed by atoms with Gasteiger partial charge in [-0.25, -0.2) is 0 Å². The molecule has 0 saturated carbocycles. The maximum atomic E-state index is 12.9. The molecule has 0 amide bonds. The van der Waals surface area contributed by atoms with E-state index in [-0.39, 0.29) is 5.78 Å². The number of aromatic nitrogens is 2. The maximum absolute atomic E-state index is 12.9. The van der Waals surface area contributed by atoms with Gasteiger partial charge in [-0.1, -0.05) is 29.3 Å². The first-order valence-electron chi connectivity index (χ1n) is 7.08. The fourth-order valence-corrected chi connectivity index (χ4v) is 3.43. The van der Waals surface area contributed by atoms with E-state index in [1.807, 2.05) is 24.5 Å². The van der Waals surface area contributed by atoms with Crippen molar-refractivity contribution in [1.29, 1.82) is 0 Å². The topological polar surface area (TPSA) is 55.0 Å². The normalized spacial score (nSPS) is 12.5. The van der Waals surface area contributed by atoms with Crippen LogP contribution >= 0.6 is 35.0 Å². The first-order chi connectivity index (χ1) is 11.6. The van der Waals surface area contributed by atoms with E-state index in [9.17, 15) is 4.79 Å². The average Bonchev–Trinajstić information content (AvgIpc) is 2.95. The minimum atomic E-state index is -0.605. The number of Topliss-reactive ketones (excluding diaryl/α,β-unsaturated/α-hetero) is 1. The fraction of sp³-hybridized carbons (Fsp3) is 0.176. The number of ketones is 1. The Labute approximate surface area is 153 Å². The highest BCUT2D eigenvalue weighted by Gasteiger charge is 2.26. The number of hydrogen-bond acceptors (Lipinski definition) is 4. The van der Waals surface area contributed by atoms with Crippen LogP contribution in [0.15, 0.2) is 36.5 Å². The summed E-state index contributed by atoms with van der Waals surface area (Å²) in [6, 6.07) is 9.00. The smallest absolute Gasteiger partial charge is 0.218 e. The third-order valence-corrected chi connectivity index (χ3v) is 5.21. The standard InChI is InChI=1S/C17H14Cl2N2O2S/c1-23-17(24-2)16(22)15-14(12-5-3-4-6-20-12)9-7-10(18)11(19)8-13(9)21-15/h3-8,17,21H,1-2H3. The van der Waals surface area contributed by atoms with Crippen molar-refractivity contribution in [2.45, 2.75) is 5.44 Å². The molecule has 24 heavy (non-hydrogen) atoms. The Kier molecular flexibility index (Phi) is 5.15. The van der Waals surface area contributed by atoms with Gasteiger partial charge in [-0.2, -0.15) is 0 Å². The zero-order chi connectivity index (χ0) is 17.3. The van der Waals surface area contributed by atoms with Crippen molar-refractivity contribution in [3.05, 3.63) is 52.3 Å². The molecule has 0 aliphatic heterocycles. The molecule has 3 rings (SSSR count). The van der Waals surface area contributed by atoms with E-state index in [4.69, 9.17) is 27.9 Å². The quantitative estimate of drug-likeness (QED) is 0.496. The number of halogens is 2. The summed E-state index contributed by atoms with van der Waals surface area (Å²) in [5, 5.41) is 1.64. The van der Waals surface area contributed by atoms with E-state index in [1.54, 1.807) is 18.3 Å². The van der Waals surface area contributed by atoms with Crippen LogP contribution in [0.2, 0.25) is 10.0 Å². The number of carbonyl (C=O) groups is 1. The van der Waals surface area contributed by atoms with Gasteiger partial charge in [0.15, 0.2) is 5.44 Å². The van der Waals surface area contributed by atoms with E-state index < -0.39 is 5.44 Å². The Bertz CT molecular complexity index is 892. The molecule has 1 unspecified atom stereocenters. The summed E-state index contributed by atoms with van der Waals surface area (Å²) >= 11 is 13.6. The molecule has 7 heteroatoms. The summed E-state index contributed by atoms with van der Waals surface area (Å²) in [7, 11) is 1.51. The molecule has 2 aromatic heterocycles. The number of thioether (sulfide) groups is 1. The van der Waals surface area contributed by atoms with Gasteiger partial charge in [0.1, 0.15) is 0 Å². The third-order valence-electron chi connectivity index (χ3n) is 3.65. The van der Waals surface area contributed by atoms with Crippen molar-refractivity contribution in [1.82, 2.24) is 9.97 Å². The Hall–Kier alpha value is -1.53. The lowest BCUT2D eigenvalue weighted by atomic mass is 10.0. The molecule has 1 atom stereocenters. The molecule has 0 bridgehead atoms. The highest BCUT2D eigenvalue weighted by molar-refractivity contribution is 7.99. The van der Waals surface area contributed by atoms with Crippen molar-refractivity contribution in [2.75, 3.05) is 13.4 Å². The van der Waals surface area contributed by atoms with E-state index in [0.29, 0.717) is 27.0 Å². The summed E-state index contributed by atoms with van der Waals surface area (Å²) in [6.07, 6.45) is 3.51. The fourth-order valence-electron chi connectivity index (χ4n) is 2.58. The second kappa shape index (κ2) is 7.15. The number of carbonyl (C=O) groups excluding carboxylic acids is 1. The number of fused-ring (bicyclic) bond motifs is 1. The second-order valence-corrected chi connectivity index (χ2v) is 6.78. The largest absolute Gasteiger partial charge is 0.362 e. The van der Waals surface area contributed by atoms with Crippen LogP contribution in [0.25, 0.3) is 22.2 Å². The lowest BCUT2D eigenvalue weighted by Crippen LogP contribution is -2.20. The zero-order valence-corrected chi connectivity index (χ0v) is 15.3. The average molecular weight is 381 g/mol. The maximum Gasteiger partial charge on any atom is 0.218 e. The van der Waals surface area contributed by atoms with Gasteiger partial charge >= 0.3 is 0 Å². The molecule has 0 aliphatic carbocycles. The molecule has 124 valence electrons. The van der Waals surface area contributed by atoms with Crippen LogP contribution in [0.1, 0.15) is 10.5 Å². The van der Waals surface area contributed by atoms with Crippen LogP contribution in [0, 0.1) is 0 Å². The first kappa shape index (κ1) is 17.3. The van der Waals surface area contributed by atoms with Gasteiger partial charge in [0, 0.05) is 29.8 Å². The highest BCUT2D eigenvalue weighted by atomic mass is 35.5. The third kappa shape index (κ3) is 3.05. The highest BCUT2D eigenvalue weighted by Crippen LogP contribution is 2.37. The summed E-state index contributed by atoms with van der Waals surface area (Å²) in [6.45, 7) is 0. The zero-order valence-electron chi connectivity index (χ0n) is 13.0. The Morgan fingerprint density at radius 1 is 1.29 bits per heavy atom. The summed E-state index contributed by atoms with van der Waals surface area (Å²) in [5.74, 6) is -0.158. The Morgan fingerprint density at radius 3 is 2.67 bits per heavy atom. The monoisotopic (exact) mass is 380 g/mol. The number of pyridine rings is 1. The number of rotatable bonds is 5. The molecular weight excluding hydrogens is 367 g/mol. The molecule has 1 aromatic carbocycles. The molecule has 0 spiro atoms. The summed E-state index contributed by atoms with van der Waals surface area (Å²) < 4.78 is 5.27.